The Morgan fingerprint density at radius 3 is 2.67 bits per heavy atom. The van der Waals surface area contributed by atoms with Crippen LogP contribution in [-0.2, 0) is 10.0 Å². The maximum absolute atomic E-state index is 13.3. The van der Waals surface area contributed by atoms with Crippen LogP contribution in [0.25, 0.3) is 0 Å². The molecule has 1 rings (SSSR count). The molecule has 98 valence electrons. The number of nitrogen functional groups attached to an aromatic ring is 1. The average Bonchev–Trinajstić information content (AvgIpc) is 2.31. The Morgan fingerprint density at radius 1 is 1.56 bits per heavy atom. The van der Waals surface area contributed by atoms with Crippen molar-refractivity contribution in [1.29, 1.82) is 5.26 Å². The minimum Gasteiger partial charge on any atom is -0.396 e. The van der Waals surface area contributed by atoms with Gasteiger partial charge in [0, 0.05) is 13.1 Å². The molecule has 1 aromatic carbocycles. The molecule has 0 saturated carbocycles. The van der Waals surface area contributed by atoms with Crippen molar-refractivity contribution >= 4 is 15.7 Å². The minimum atomic E-state index is -3.81. The molecule has 0 bridgehead atoms. The number of benzene rings is 1. The Labute approximate surface area is 106 Å². The molecular weight excluding hydrogens is 257 g/mol. The summed E-state index contributed by atoms with van der Waals surface area (Å²) in [4.78, 5) is -0.179. The van der Waals surface area contributed by atoms with Gasteiger partial charge in [0.1, 0.15) is 5.82 Å². The van der Waals surface area contributed by atoms with Crippen molar-refractivity contribution in [2.45, 2.75) is 24.3 Å². The highest BCUT2D eigenvalue weighted by atomic mass is 32.2. The highest BCUT2D eigenvalue weighted by Crippen LogP contribution is 2.21. The highest BCUT2D eigenvalue weighted by molar-refractivity contribution is 7.89. The van der Waals surface area contributed by atoms with Gasteiger partial charge >= 0.3 is 0 Å². The lowest BCUT2D eigenvalue weighted by atomic mass is 10.3. The third-order valence-corrected chi connectivity index (χ3v) is 4.62. The van der Waals surface area contributed by atoms with E-state index in [2.05, 4.69) is 0 Å². The van der Waals surface area contributed by atoms with Crippen LogP contribution in [0.4, 0.5) is 10.1 Å². The molecule has 0 aliphatic carbocycles. The average molecular weight is 271 g/mol. The molecule has 2 N–H and O–H groups in total. The van der Waals surface area contributed by atoms with Crippen molar-refractivity contribution in [3.63, 3.8) is 0 Å². The quantitative estimate of drug-likeness (QED) is 0.837. The largest absolute Gasteiger partial charge is 0.396 e. The molecule has 0 amide bonds. The molecular formula is C11H14FN3O2S. The van der Waals surface area contributed by atoms with Gasteiger partial charge in [0.25, 0.3) is 0 Å². The van der Waals surface area contributed by atoms with E-state index >= 15 is 0 Å². The topological polar surface area (TPSA) is 87.2 Å². The summed E-state index contributed by atoms with van der Waals surface area (Å²) in [5.41, 5.74) is 5.18. The third-order valence-electron chi connectivity index (χ3n) is 2.66. The van der Waals surface area contributed by atoms with Gasteiger partial charge in [-0.3, -0.25) is 0 Å². The molecule has 7 heteroatoms. The number of rotatable bonds is 4. The number of hydrogen-bond donors (Lipinski definition) is 1. The van der Waals surface area contributed by atoms with Crippen LogP contribution in [0.3, 0.4) is 0 Å². The molecule has 0 aliphatic heterocycles. The van der Waals surface area contributed by atoms with Crippen LogP contribution < -0.4 is 5.73 Å². The van der Waals surface area contributed by atoms with E-state index in [1.54, 1.807) is 6.92 Å². The molecule has 5 nitrogen and oxygen atoms in total. The first-order valence-corrected chi connectivity index (χ1v) is 6.64. The van der Waals surface area contributed by atoms with Crippen molar-refractivity contribution in [2.24, 2.45) is 0 Å². The third kappa shape index (κ3) is 2.78. The van der Waals surface area contributed by atoms with E-state index in [9.17, 15) is 12.8 Å². The van der Waals surface area contributed by atoms with Gasteiger partial charge in [0.2, 0.25) is 10.0 Å². The summed E-state index contributed by atoms with van der Waals surface area (Å²) < 4.78 is 38.5. The van der Waals surface area contributed by atoms with Crippen LogP contribution in [0, 0.1) is 17.1 Å². The zero-order valence-electron chi connectivity index (χ0n) is 10.1. The summed E-state index contributed by atoms with van der Waals surface area (Å²) in [6.07, 6.45) is 0.0627. The van der Waals surface area contributed by atoms with Gasteiger partial charge in [-0.05, 0) is 25.1 Å². The Hall–Kier alpha value is -1.65. The monoisotopic (exact) mass is 271 g/mol. The number of sulfonamides is 1. The second-order valence-electron chi connectivity index (χ2n) is 3.92. The van der Waals surface area contributed by atoms with Crippen molar-refractivity contribution in [2.75, 3.05) is 12.8 Å². The predicted octanol–water partition coefficient (Wildman–Crippen LogP) is 1.33. The Balaban J connectivity index is 3.14. The lowest BCUT2D eigenvalue weighted by Crippen LogP contribution is -2.34. The minimum absolute atomic E-state index is 0.0627. The number of nitriles is 1. The standard InChI is InChI=1S/C11H14FN3O2S/c1-8(5-6-13)15(2)18(16,17)9-3-4-11(14)10(12)7-9/h3-4,7-8H,5,14H2,1-2H3. The second-order valence-corrected chi connectivity index (χ2v) is 5.91. The van der Waals surface area contributed by atoms with Crippen LogP contribution in [0.15, 0.2) is 23.1 Å². The van der Waals surface area contributed by atoms with Crippen molar-refractivity contribution in [3.05, 3.63) is 24.0 Å². The summed E-state index contributed by atoms with van der Waals surface area (Å²) in [6, 6.07) is 4.72. The van der Waals surface area contributed by atoms with Crippen LogP contribution in [0.2, 0.25) is 0 Å². The molecule has 0 aromatic heterocycles. The van der Waals surface area contributed by atoms with Crippen molar-refractivity contribution < 1.29 is 12.8 Å². The normalized spacial score (nSPS) is 13.3. The summed E-state index contributed by atoms with van der Waals surface area (Å²) >= 11 is 0. The number of anilines is 1. The molecule has 1 unspecified atom stereocenters. The van der Waals surface area contributed by atoms with Gasteiger partial charge < -0.3 is 5.73 Å². The molecule has 0 spiro atoms. The van der Waals surface area contributed by atoms with Crippen LogP contribution in [-0.4, -0.2) is 25.8 Å². The first-order valence-electron chi connectivity index (χ1n) is 5.20. The van der Waals surface area contributed by atoms with Crippen molar-refractivity contribution in [1.82, 2.24) is 4.31 Å². The maximum atomic E-state index is 13.3. The Kier molecular flexibility index (Phi) is 4.27. The fourth-order valence-electron chi connectivity index (χ4n) is 1.33. The fourth-order valence-corrected chi connectivity index (χ4v) is 2.71. The molecule has 1 aromatic rings. The number of hydrogen-bond acceptors (Lipinski definition) is 4. The Bertz CT molecular complexity index is 580. The molecule has 1 atom stereocenters. The van der Waals surface area contributed by atoms with Gasteiger partial charge in [-0.2, -0.15) is 9.57 Å². The predicted molar refractivity (Wildman–Crippen MR) is 65.5 cm³/mol. The van der Waals surface area contributed by atoms with Crippen molar-refractivity contribution in [3.8, 4) is 6.07 Å². The number of nitrogens with zero attached hydrogens (tertiary/aromatic N) is 2. The molecule has 0 heterocycles. The maximum Gasteiger partial charge on any atom is 0.243 e. The highest BCUT2D eigenvalue weighted by Gasteiger charge is 2.25. The Morgan fingerprint density at radius 2 is 2.17 bits per heavy atom. The van der Waals surface area contributed by atoms with Gasteiger partial charge in [0.05, 0.1) is 23.1 Å². The molecule has 0 aliphatic rings. The van der Waals surface area contributed by atoms with Gasteiger partial charge in [0.15, 0.2) is 0 Å². The first kappa shape index (κ1) is 14.4. The SMILES string of the molecule is CC(CC#N)N(C)S(=O)(=O)c1ccc(N)c(F)c1. The van der Waals surface area contributed by atoms with Gasteiger partial charge in [-0.25, -0.2) is 12.8 Å². The van der Waals surface area contributed by atoms with E-state index in [0.29, 0.717) is 0 Å². The van der Waals surface area contributed by atoms with E-state index in [-0.39, 0.29) is 17.0 Å². The summed E-state index contributed by atoms with van der Waals surface area (Å²) in [6.45, 7) is 1.61. The molecule has 0 saturated heterocycles. The van der Waals surface area contributed by atoms with E-state index in [4.69, 9.17) is 11.0 Å². The molecule has 0 fully saturated rings. The zero-order chi connectivity index (χ0) is 13.9. The van der Waals surface area contributed by atoms with E-state index < -0.39 is 21.9 Å². The second kappa shape index (κ2) is 5.33. The first-order chi connectivity index (χ1) is 8.30. The summed E-state index contributed by atoms with van der Waals surface area (Å²) in [7, 11) is -2.46. The lowest BCUT2D eigenvalue weighted by Gasteiger charge is -2.22. The lowest BCUT2D eigenvalue weighted by molar-refractivity contribution is 0.393. The zero-order valence-corrected chi connectivity index (χ0v) is 10.9. The molecule has 0 radical (unpaired) electrons. The van der Waals surface area contributed by atoms with Crippen LogP contribution in [0.1, 0.15) is 13.3 Å². The van der Waals surface area contributed by atoms with Gasteiger partial charge in [-0.15, -0.1) is 0 Å². The van der Waals surface area contributed by atoms with Gasteiger partial charge in [-0.1, -0.05) is 0 Å². The summed E-state index contributed by atoms with van der Waals surface area (Å²) in [5.74, 6) is -0.780. The van der Waals surface area contributed by atoms with E-state index in [1.807, 2.05) is 6.07 Å². The van der Waals surface area contributed by atoms with Crippen LogP contribution >= 0.6 is 0 Å². The van der Waals surface area contributed by atoms with E-state index in [1.165, 1.54) is 19.2 Å². The smallest absolute Gasteiger partial charge is 0.243 e. The summed E-state index contributed by atoms with van der Waals surface area (Å²) in [5, 5.41) is 8.55. The fraction of sp³-hybridized carbons (Fsp3) is 0.364. The number of nitrogens with two attached hydrogens (primary N) is 1. The molecule has 18 heavy (non-hydrogen) atoms. The van der Waals surface area contributed by atoms with Crippen LogP contribution in [0.5, 0.6) is 0 Å². The number of halogens is 1. The van der Waals surface area contributed by atoms with E-state index in [0.717, 1.165) is 10.4 Å².